The SMILES string of the molecule is c1ccc(-n2c3ccccc3c3ccc4c5c6ccccc6ccc5n(-c5cccc6ccccc56)c4c32)cc1. The van der Waals surface area contributed by atoms with E-state index in [0.717, 1.165) is 0 Å². The normalized spacial score (nSPS) is 12.0. The topological polar surface area (TPSA) is 9.86 Å². The molecule has 0 aliphatic carbocycles. The van der Waals surface area contributed by atoms with Gasteiger partial charge in [0.05, 0.1) is 27.8 Å². The summed E-state index contributed by atoms with van der Waals surface area (Å²) in [6.07, 6.45) is 0. The van der Waals surface area contributed by atoms with E-state index in [0.29, 0.717) is 0 Å². The highest BCUT2D eigenvalue weighted by Gasteiger charge is 2.22. The summed E-state index contributed by atoms with van der Waals surface area (Å²) >= 11 is 0. The van der Waals surface area contributed by atoms with Crippen molar-refractivity contribution in [1.29, 1.82) is 0 Å². The van der Waals surface area contributed by atoms with Gasteiger partial charge in [-0.05, 0) is 46.5 Å². The molecule has 0 unspecified atom stereocenters. The first kappa shape index (κ1) is 21.6. The zero-order valence-corrected chi connectivity index (χ0v) is 21.8. The van der Waals surface area contributed by atoms with Crippen LogP contribution in [-0.2, 0) is 0 Å². The van der Waals surface area contributed by atoms with E-state index in [9.17, 15) is 0 Å². The van der Waals surface area contributed by atoms with Crippen molar-refractivity contribution in [2.24, 2.45) is 0 Å². The van der Waals surface area contributed by atoms with E-state index in [-0.39, 0.29) is 0 Å². The quantitative estimate of drug-likeness (QED) is 0.220. The fraction of sp³-hybridized carbons (Fsp3) is 0. The van der Waals surface area contributed by atoms with Crippen LogP contribution in [0, 0.1) is 0 Å². The van der Waals surface area contributed by atoms with Gasteiger partial charge in [0.25, 0.3) is 0 Å². The number of para-hydroxylation sites is 2. The van der Waals surface area contributed by atoms with Gasteiger partial charge in [-0.15, -0.1) is 0 Å². The predicted octanol–water partition coefficient (Wildman–Crippen LogP) is 10.2. The van der Waals surface area contributed by atoms with Crippen molar-refractivity contribution in [1.82, 2.24) is 9.13 Å². The Labute approximate surface area is 230 Å². The van der Waals surface area contributed by atoms with Crippen LogP contribution in [0.15, 0.2) is 146 Å². The van der Waals surface area contributed by atoms with Crippen LogP contribution < -0.4 is 0 Å². The van der Waals surface area contributed by atoms with E-state index in [1.807, 2.05) is 0 Å². The molecule has 0 amide bonds. The van der Waals surface area contributed by atoms with E-state index in [1.165, 1.54) is 76.5 Å². The number of hydrogen-bond donors (Lipinski definition) is 0. The second-order valence-corrected chi connectivity index (χ2v) is 10.6. The van der Waals surface area contributed by atoms with Gasteiger partial charge in [-0.25, -0.2) is 0 Å². The molecule has 0 radical (unpaired) electrons. The molecule has 0 N–H and O–H groups in total. The molecule has 2 heterocycles. The van der Waals surface area contributed by atoms with Crippen molar-refractivity contribution in [2.45, 2.75) is 0 Å². The summed E-state index contributed by atoms with van der Waals surface area (Å²) in [7, 11) is 0. The number of hydrogen-bond acceptors (Lipinski definition) is 0. The minimum Gasteiger partial charge on any atom is -0.307 e. The van der Waals surface area contributed by atoms with Crippen LogP contribution in [0.25, 0.3) is 76.5 Å². The first-order valence-electron chi connectivity index (χ1n) is 13.8. The largest absolute Gasteiger partial charge is 0.307 e. The van der Waals surface area contributed by atoms with Gasteiger partial charge < -0.3 is 9.13 Å². The lowest BCUT2D eigenvalue weighted by atomic mass is 10.0. The summed E-state index contributed by atoms with van der Waals surface area (Å²) in [4.78, 5) is 0. The Morgan fingerprint density at radius 3 is 1.80 bits per heavy atom. The minimum absolute atomic E-state index is 1.17. The first-order chi connectivity index (χ1) is 19.9. The molecule has 9 rings (SSSR count). The van der Waals surface area contributed by atoms with Crippen molar-refractivity contribution >= 4 is 65.2 Å². The third-order valence-electron chi connectivity index (χ3n) is 8.47. The maximum atomic E-state index is 2.51. The number of nitrogens with zero attached hydrogens (tertiary/aromatic N) is 2. The summed E-state index contributed by atoms with van der Waals surface area (Å²) in [5.74, 6) is 0. The second-order valence-electron chi connectivity index (χ2n) is 10.6. The summed E-state index contributed by atoms with van der Waals surface area (Å²) < 4.78 is 4.97. The van der Waals surface area contributed by atoms with Gasteiger partial charge in [-0.3, -0.25) is 0 Å². The summed E-state index contributed by atoms with van der Waals surface area (Å²) in [5.41, 5.74) is 7.28. The molecule has 40 heavy (non-hydrogen) atoms. The number of aromatic nitrogens is 2. The molecule has 0 aliphatic rings. The van der Waals surface area contributed by atoms with Crippen LogP contribution in [0.3, 0.4) is 0 Å². The summed E-state index contributed by atoms with van der Waals surface area (Å²) in [5, 5.41) is 10.1. The van der Waals surface area contributed by atoms with Gasteiger partial charge in [0.2, 0.25) is 0 Å². The standard InChI is InChI=1S/C38H24N2/c1-2-14-27(15-3-1)39-34-19-9-8-18-30(34)31-22-23-32-36-29-17-7-5-12-26(29)21-24-35(36)40(38(32)37(31)39)33-20-10-13-25-11-4-6-16-28(25)33/h1-24H. The molecule has 0 bridgehead atoms. The Balaban J connectivity index is 1.61. The van der Waals surface area contributed by atoms with Crippen LogP contribution in [0.1, 0.15) is 0 Å². The zero-order valence-electron chi connectivity index (χ0n) is 21.8. The van der Waals surface area contributed by atoms with Crippen LogP contribution in [0.5, 0.6) is 0 Å². The molecule has 2 heteroatoms. The summed E-state index contributed by atoms with van der Waals surface area (Å²) in [6, 6.07) is 53.0. The first-order valence-corrected chi connectivity index (χ1v) is 13.8. The third kappa shape index (κ3) is 2.82. The Kier molecular flexibility index (Phi) is 4.36. The van der Waals surface area contributed by atoms with Crippen molar-refractivity contribution < 1.29 is 0 Å². The van der Waals surface area contributed by atoms with E-state index >= 15 is 0 Å². The Bertz CT molecular complexity index is 2420. The van der Waals surface area contributed by atoms with Crippen molar-refractivity contribution in [3.63, 3.8) is 0 Å². The maximum Gasteiger partial charge on any atom is 0.0789 e. The van der Waals surface area contributed by atoms with Crippen LogP contribution in [-0.4, -0.2) is 9.13 Å². The Morgan fingerprint density at radius 2 is 0.950 bits per heavy atom. The van der Waals surface area contributed by atoms with Gasteiger partial charge in [0, 0.05) is 32.6 Å². The van der Waals surface area contributed by atoms with Crippen LogP contribution in [0.4, 0.5) is 0 Å². The monoisotopic (exact) mass is 508 g/mol. The lowest BCUT2D eigenvalue weighted by Crippen LogP contribution is -1.99. The van der Waals surface area contributed by atoms with Gasteiger partial charge in [0.1, 0.15) is 0 Å². The van der Waals surface area contributed by atoms with Crippen LogP contribution >= 0.6 is 0 Å². The fourth-order valence-corrected chi connectivity index (χ4v) is 6.82. The van der Waals surface area contributed by atoms with Gasteiger partial charge in [0.15, 0.2) is 0 Å². The highest BCUT2D eigenvalue weighted by molar-refractivity contribution is 6.28. The van der Waals surface area contributed by atoms with Gasteiger partial charge in [-0.1, -0.05) is 115 Å². The molecule has 0 fully saturated rings. The average Bonchev–Trinajstić information content (AvgIpc) is 3.54. The molecule has 2 nitrogen and oxygen atoms in total. The van der Waals surface area contributed by atoms with Gasteiger partial charge >= 0.3 is 0 Å². The molecule has 0 saturated carbocycles. The van der Waals surface area contributed by atoms with Crippen molar-refractivity contribution in [3.8, 4) is 11.4 Å². The average molecular weight is 509 g/mol. The molecule has 186 valence electrons. The Hall–Kier alpha value is -5.34. The molecule has 7 aromatic carbocycles. The molecule has 2 aromatic heterocycles. The molecule has 0 atom stereocenters. The molecule has 0 saturated heterocycles. The molecular formula is C38H24N2. The predicted molar refractivity (Wildman–Crippen MR) is 170 cm³/mol. The van der Waals surface area contributed by atoms with E-state index < -0.39 is 0 Å². The van der Waals surface area contributed by atoms with Gasteiger partial charge in [-0.2, -0.15) is 0 Å². The van der Waals surface area contributed by atoms with Crippen LogP contribution in [0.2, 0.25) is 0 Å². The van der Waals surface area contributed by atoms with E-state index in [1.54, 1.807) is 0 Å². The molecule has 9 aromatic rings. The smallest absolute Gasteiger partial charge is 0.0789 e. The molecule has 0 aliphatic heterocycles. The van der Waals surface area contributed by atoms with E-state index in [2.05, 4.69) is 155 Å². The lowest BCUT2D eigenvalue weighted by Gasteiger charge is -2.14. The second kappa shape index (κ2) is 8.08. The lowest BCUT2D eigenvalue weighted by molar-refractivity contribution is 1.16. The molecule has 0 spiro atoms. The minimum atomic E-state index is 1.17. The van der Waals surface area contributed by atoms with Crippen molar-refractivity contribution in [3.05, 3.63) is 146 Å². The highest BCUT2D eigenvalue weighted by Crippen LogP contribution is 2.44. The third-order valence-corrected chi connectivity index (χ3v) is 8.47. The fourth-order valence-electron chi connectivity index (χ4n) is 6.82. The summed E-state index contributed by atoms with van der Waals surface area (Å²) in [6.45, 7) is 0. The number of rotatable bonds is 2. The molecular weight excluding hydrogens is 484 g/mol. The van der Waals surface area contributed by atoms with E-state index in [4.69, 9.17) is 0 Å². The Morgan fingerprint density at radius 1 is 0.325 bits per heavy atom. The van der Waals surface area contributed by atoms with Crippen molar-refractivity contribution in [2.75, 3.05) is 0 Å². The maximum absolute atomic E-state index is 2.51. The number of benzene rings is 7. The highest BCUT2D eigenvalue weighted by atomic mass is 15.0. The number of fused-ring (bicyclic) bond motifs is 10. The zero-order chi connectivity index (χ0) is 26.2.